The highest BCUT2D eigenvalue weighted by Gasteiger charge is 2.26. The molecule has 1 aliphatic heterocycles. The van der Waals surface area contributed by atoms with Crippen molar-refractivity contribution in [2.24, 2.45) is 0 Å². The van der Waals surface area contributed by atoms with E-state index in [0.717, 1.165) is 17.0 Å². The van der Waals surface area contributed by atoms with Crippen LogP contribution < -0.4 is 4.74 Å². The molecule has 0 radical (unpaired) electrons. The van der Waals surface area contributed by atoms with Crippen LogP contribution in [0.3, 0.4) is 0 Å². The van der Waals surface area contributed by atoms with Gasteiger partial charge in [-0.25, -0.2) is 0 Å². The summed E-state index contributed by atoms with van der Waals surface area (Å²) in [5.74, 6) is 1.50. The first-order chi connectivity index (χ1) is 11.9. The van der Waals surface area contributed by atoms with E-state index in [9.17, 15) is 4.79 Å². The summed E-state index contributed by atoms with van der Waals surface area (Å²) in [5, 5.41) is 3.91. The summed E-state index contributed by atoms with van der Waals surface area (Å²) < 4.78 is 16.6. The molecule has 3 rings (SSSR count). The molecule has 6 nitrogen and oxygen atoms in total. The second kappa shape index (κ2) is 7.27. The number of amides is 1. The summed E-state index contributed by atoms with van der Waals surface area (Å²) in [5.41, 5.74) is 2.45. The number of carbonyl (C=O) groups is 1. The number of nitrogens with zero attached hydrogens (tertiary/aromatic N) is 2. The van der Waals surface area contributed by atoms with Gasteiger partial charge in [0.05, 0.1) is 23.5 Å². The molecule has 1 aromatic carbocycles. The summed E-state index contributed by atoms with van der Waals surface area (Å²) in [4.78, 5) is 14.5. The van der Waals surface area contributed by atoms with E-state index in [1.807, 2.05) is 44.7 Å². The predicted octanol–water partition coefficient (Wildman–Crippen LogP) is 3.12. The van der Waals surface area contributed by atoms with Crippen LogP contribution in [0.4, 0.5) is 0 Å². The first kappa shape index (κ1) is 17.5. The zero-order valence-corrected chi connectivity index (χ0v) is 15.1. The maximum atomic E-state index is 12.6. The lowest BCUT2D eigenvalue weighted by atomic mass is 10.1. The molecule has 0 aliphatic carbocycles. The minimum atomic E-state index is 0.0271. The van der Waals surface area contributed by atoms with Crippen LogP contribution in [0, 0.1) is 13.8 Å². The average molecular weight is 344 g/mol. The number of ether oxygens (including phenoxy) is 2. The minimum Gasteiger partial charge on any atom is -0.489 e. The number of rotatable bonds is 4. The average Bonchev–Trinajstić information content (AvgIpc) is 2.90. The Kier molecular flexibility index (Phi) is 5.08. The van der Waals surface area contributed by atoms with Crippen LogP contribution in [0.15, 0.2) is 28.8 Å². The predicted molar refractivity (Wildman–Crippen MR) is 92.7 cm³/mol. The third-order valence-corrected chi connectivity index (χ3v) is 4.37. The number of aromatic nitrogens is 1. The maximum absolute atomic E-state index is 12.6. The van der Waals surface area contributed by atoms with E-state index in [0.29, 0.717) is 31.0 Å². The Labute approximate surface area is 147 Å². The third-order valence-electron chi connectivity index (χ3n) is 4.37. The quantitative estimate of drug-likeness (QED) is 0.853. The molecule has 2 aromatic rings. The topological polar surface area (TPSA) is 64.8 Å². The first-order valence-corrected chi connectivity index (χ1v) is 8.53. The highest BCUT2D eigenvalue weighted by atomic mass is 16.5. The molecule has 6 heteroatoms. The number of aryl methyl sites for hydroxylation is 2. The fourth-order valence-electron chi connectivity index (χ4n) is 3.08. The Morgan fingerprint density at radius 1 is 1.20 bits per heavy atom. The minimum absolute atomic E-state index is 0.0271. The van der Waals surface area contributed by atoms with E-state index in [-0.39, 0.29) is 18.1 Å². The van der Waals surface area contributed by atoms with Crippen LogP contribution in [-0.4, -0.2) is 41.3 Å². The van der Waals surface area contributed by atoms with E-state index in [2.05, 4.69) is 5.16 Å². The summed E-state index contributed by atoms with van der Waals surface area (Å²) in [6.45, 7) is 9.36. The molecule has 0 unspecified atom stereocenters. The van der Waals surface area contributed by atoms with Crippen molar-refractivity contribution in [3.8, 4) is 5.75 Å². The van der Waals surface area contributed by atoms with Crippen LogP contribution >= 0.6 is 0 Å². The second-order valence-electron chi connectivity index (χ2n) is 6.58. The molecule has 1 saturated heterocycles. The van der Waals surface area contributed by atoms with Crippen LogP contribution in [0.25, 0.3) is 0 Å². The lowest BCUT2D eigenvalue weighted by molar-refractivity contribution is -0.0586. The van der Waals surface area contributed by atoms with E-state index in [1.54, 1.807) is 12.1 Å². The fraction of sp³-hybridized carbons (Fsp3) is 0.474. The number of hydrogen-bond donors (Lipinski definition) is 0. The van der Waals surface area contributed by atoms with Crippen LogP contribution in [0.5, 0.6) is 5.75 Å². The summed E-state index contributed by atoms with van der Waals surface area (Å²) in [6.07, 6.45) is 0.121. The second-order valence-corrected chi connectivity index (χ2v) is 6.58. The molecule has 0 bridgehead atoms. The first-order valence-electron chi connectivity index (χ1n) is 8.53. The van der Waals surface area contributed by atoms with Gasteiger partial charge in [-0.15, -0.1) is 0 Å². The number of carbonyl (C=O) groups excluding carboxylic acids is 1. The van der Waals surface area contributed by atoms with Gasteiger partial charge >= 0.3 is 0 Å². The molecule has 0 saturated carbocycles. The highest BCUT2D eigenvalue weighted by Crippen LogP contribution is 2.20. The largest absolute Gasteiger partial charge is 0.489 e. The molecular formula is C19H24N2O4. The van der Waals surface area contributed by atoms with Gasteiger partial charge in [-0.05, 0) is 52.0 Å². The van der Waals surface area contributed by atoms with Gasteiger partial charge in [0.25, 0.3) is 5.91 Å². The number of morpholine rings is 1. The zero-order valence-electron chi connectivity index (χ0n) is 15.1. The van der Waals surface area contributed by atoms with Crippen molar-refractivity contribution in [3.63, 3.8) is 0 Å². The Hall–Kier alpha value is -2.34. The van der Waals surface area contributed by atoms with Crippen LogP contribution in [-0.2, 0) is 11.3 Å². The van der Waals surface area contributed by atoms with Crippen molar-refractivity contribution >= 4 is 5.91 Å². The maximum Gasteiger partial charge on any atom is 0.254 e. The molecule has 2 atom stereocenters. The smallest absolute Gasteiger partial charge is 0.254 e. The molecular weight excluding hydrogens is 320 g/mol. The van der Waals surface area contributed by atoms with Crippen molar-refractivity contribution in [1.82, 2.24) is 10.1 Å². The SMILES string of the molecule is Cc1noc(C)c1COc1ccc(C(=O)N2C[C@@H](C)O[C@H](C)C2)cc1. The summed E-state index contributed by atoms with van der Waals surface area (Å²) in [7, 11) is 0. The molecule has 1 aliphatic rings. The Morgan fingerprint density at radius 3 is 2.40 bits per heavy atom. The highest BCUT2D eigenvalue weighted by molar-refractivity contribution is 5.94. The molecule has 1 amide bonds. The monoisotopic (exact) mass is 344 g/mol. The van der Waals surface area contributed by atoms with Crippen molar-refractivity contribution in [2.75, 3.05) is 13.1 Å². The van der Waals surface area contributed by atoms with Crippen molar-refractivity contribution in [3.05, 3.63) is 46.8 Å². The third kappa shape index (κ3) is 4.02. The van der Waals surface area contributed by atoms with Crippen molar-refractivity contribution in [2.45, 2.75) is 46.5 Å². The standard InChI is InChI=1S/C19H24N2O4/c1-12-9-21(10-13(2)24-12)19(22)16-5-7-17(8-6-16)23-11-18-14(3)20-25-15(18)4/h5-8,12-13H,9-11H2,1-4H3/t12-,13-/m1/s1. The van der Waals surface area contributed by atoms with Crippen molar-refractivity contribution in [1.29, 1.82) is 0 Å². The van der Waals surface area contributed by atoms with Crippen molar-refractivity contribution < 1.29 is 18.8 Å². The van der Waals surface area contributed by atoms with Gasteiger partial charge in [0.15, 0.2) is 0 Å². The van der Waals surface area contributed by atoms with E-state index >= 15 is 0 Å². The lowest BCUT2D eigenvalue weighted by Crippen LogP contribution is -2.48. The van der Waals surface area contributed by atoms with Gasteiger partial charge in [-0.2, -0.15) is 0 Å². The van der Waals surface area contributed by atoms with Gasteiger partial charge < -0.3 is 18.9 Å². The molecule has 0 N–H and O–H groups in total. The number of benzene rings is 1. The molecule has 1 aromatic heterocycles. The lowest BCUT2D eigenvalue weighted by Gasteiger charge is -2.35. The Morgan fingerprint density at radius 2 is 1.84 bits per heavy atom. The molecule has 0 spiro atoms. The van der Waals surface area contributed by atoms with Gasteiger partial charge in [0.2, 0.25) is 0 Å². The Bertz CT molecular complexity index is 709. The van der Waals surface area contributed by atoms with Gasteiger partial charge in [-0.1, -0.05) is 5.16 Å². The zero-order chi connectivity index (χ0) is 18.0. The molecule has 2 heterocycles. The fourth-order valence-corrected chi connectivity index (χ4v) is 3.08. The van der Waals surface area contributed by atoms with Gasteiger partial charge in [0, 0.05) is 18.7 Å². The van der Waals surface area contributed by atoms with Crippen LogP contribution in [0.2, 0.25) is 0 Å². The summed E-state index contributed by atoms with van der Waals surface area (Å²) in [6, 6.07) is 7.24. The molecule has 25 heavy (non-hydrogen) atoms. The molecule has 134 valence electrons. The van der Waals surface area contributed by atoms with E-state index in [4.69, 9.17) is 14.0 Å². The van der Waals surface area contributed by atoms with Crippen LogP contribution in [0.1, 0.15) is 41.2 Å². The Balaban J connectivity index is 1.63. The van der Waals surface area contributed by atoms with Gasteiger partial charge in [0.1, 0.15) is 18.1 Å². The molecule has 1 fully saturated rings. The van der Waals surface area contributed by atoms with E-state index < -0.39 is 0 Å². The number of hydrogen-bond acceptors (Lipinski definition) is 5. The van der Waals surface area contributed by atoms with Gasteiger partial charge in [-0.3, -0.25) is 4.79 Å². The summed E-state index contributed by atoms with van der Waals surface area (Å²) >= 11 is 0. The normalized spacial score (nSPS) is 20.6. The van der Waals surface area contributed by atoms with E-state index in [1.165, 1.54) is 0 Å².